The Kier molecular flexibility index (Phi) is 6.07. The van der Waals surface area contributed by atoms with Gasteiger partial charge in [0.05, 0.1) is 11.4 Å². The van der Waals surface area contributed by atoms with Crippen LogP contribution in [0.2, 0.25) is 0 Å². The molecule has 0 spiro atoms. The molecule has 0 radical (unpaired) electrons. The van der Waals surface area contributed by atoms with Gasteiger partial charge in [-0.3, -0.25) is 9.71 Å². The van der Waals surface area contributed by atoms with Crippen LogP contribution in [0.5, 0.6) is 0 Å². The van der Waals surface area contributed by atoms with Crippen LogP contribution in [0.1, 0.15) is 25.3 Å². The smallest absolute Gasteiger partial charge is 0.232 e. The standard InChI is InChI=1S/C12H21N3O2S/c1-3-13-7-4-5-9-18(16,17)15-12-6-8-14-10-11(12)2/h6,8,10,13H,3-5,7,9H2,1-2H3,(H,14,15). The first kappa shape index (κ1) is 14.9. The van der Waals surface area contributed by atoms with Gasteiger partial charge in [-0.2, -0.15) is 0 Å². The van der Waals surface area contributed by atoms with Crippen LogP contribution in [0.15, 0.2) is 18.5 Å². The predicted octanol–water partition coefficient (Wildman–Crippen LogP) is 1.52. The molecule has 0 fully saturated rings. The SMILES string of the molecule is CCNCCCCS(=O)(=O)Nc1ccncc1C. The van der Waals surface area contributed by atoms with E-state index in [2.05, 4.69) is 15.0 Å². The van der Waals surface area contributed by atoms with Crippen molar-refractivity contribution < 1.29 is 8.42 Å². The molecule has 1 aromatic rings. The molecule has 1 aromatic heterocycles. The molecule has 102 valence electrons. The Morgan fingerprint density at radius 3 is 2.78 bits per heavy atom. The molecule has 18 heavy (non-hydrogen) atoms. The van der Waals surface area contributed by atoms with E-state index in [1.165, 1.54) is 0 Å². The van der Waals surface area contributed by atoms with Crippen molar-refractivity contribution in [3.8, 4) is 0 Å². The van der Waals surface area contributed by atoms with Gasteiger partial charge < -0.3 is 5.32 Å². The maximum Gasteiger partial charge on any atom is 0.232 e. The molecule has 0 saturated carbocycles. The van der Waals surface area contributed by atoms with E-state index in [0.29, 0.717) is 12.1 Å². The normalized spacial score (nSPS) is 11.4. The van der Waals surface area contributed by atoms with Crippen LogP contribution in [-0.4, -0.2) is 32.2 Å². The molecule has 0 amide bonds. The van der Waals surface area contributed by atoms with Gasteiger partial charge in [0.15, 0.2) is 0 Å². The number of pyridine rings is 1. The summed E-state index contributed by atoms with van der Waals surface area (Å²) in [5.74, 6) is 0.153. The third-order valence-corrected chi connectivity index (χ3v) is 3.91. The number of hydrogen-bond donors (Lipinski definition) is 2. The lowest BCUT2D eigenvalue weighted by Gasteiger charge is -2.09. The number of anilines is 1. The van der Waals surface area contributed by atoms with E-state index in [1.54, 1.807) is 18.5 Å². The van der Waals surface area contributed by atoms with Crippen molar-refractivity contribution in [1.82, 2.24) is 10.3 Å². The van der Waals surface area contributed by atoms with Crippen LogP contribution >= 0.6 is 0 Å². The zero-order chi connectivity index (χ0) is 13.4. The summed E-state index contributed by atoms with van der Waals surface area (Å²) in [6, 6.07) is 1.67. The molecule has 1 rings (SSSR count). The van der Waals surface area contributed by atoms with Crippen LogP contribution < -0.4 is 10.0 Å². The van der Waals surface area contributed by atoms with Crippen LogP contribution in [0, 0.1) is 6.92 Å². The van der Waals surface area contributed by atoms with E-state index in [1.807, 2.05) is 13.8 Å². The number of rotatable bonds is 8. The Balaban J connectivity index is 2.43. The monoisotopic (exact) mass is 271 g/mol. The second-order valence-electron chi connectivity index (χ2n) is 4.17. The summed E-state index contributed by atoms with van der Waals surface area (Å²) in [5, 5.41) is 3.17. The first-order valence-electron chi connectivity index (χ1n) is 6.17. The minimum Gasteiger partial charge on any atom is -0.317 e. The highest BCUT2D eigenvalue weighted by Crippen LogP contribution is 2.14. The van der Waals surface area contributed by atoms with Gasteiger partial charge in [-0.1, -0.05) is 6.92 Å². The number of unbranched alkanes of at least 4 members (excludes halogenated alkanes) is 1. The lowest BCUT2D eigenvalue weighted by molar-refractivity contribution is 0.593. The molecule has 0 aromatic carbocycles. The van der Waals surface area contributed by atoms with E-state index in [4.69, 9.17) is 0 Å². The van der Waals surface area contributed by atoms with Crippen molar-refractivity contribution in [2.24, 2.45) is 0 Å². The number of aryl methyl sites for hydroxylation is 1. The van der Waals surface area contributed by atoms with Gasteiger partial charge in [0.2, 0.25) is 10.0 Å². The summed E-state index contributed by atoms with van der Waals surface area (Å²) in [6.07, 6.45) is 4.75. The van der Waals surface area contributed by atoms with Crippen molar-refractivity contribution >= 4 is 15.7 Å². The fourth-order valence-electron chi connectivity index (χ4n) is 1.53. The average molecular weight is 271 g/mol. The van der Waals surface area contributed by atoms with Crippen molar-refractivity contribution in [3.63, 3.8) is 0 Å². The van der Waals surface area contributed by atoms with Crippen LogP contribution in [0.25, 0.3) is 0 Å². The third-order valence-electron chi connectivity index (χ3n) is 2.55. The van der Waals surface area contributed by atoms with Gasteiger partial charge in [-0.05, 0) is 44.5 Å². The topological polar surface area (TPSA) is 71.1 Å². The molecule has 0 aliphatic heterocycles. The Bertz CT molecular complexity index is 460. The summed E-state index contributed by atoms with van der Waals surface area (Å²) in [4.78, 5) is 3.93. The third kappa shape index (κ3) is 5.46. The number of aromatic nitrogens is 1. The number of sulfonamides is 1. The molecule has 0 bridgehead atoms. The van der Waals surface area contributed by atoms with Gasteiger partial charge in [0, 0.05) is 12.4 Å². The van der Waals surface area contributed by atoms with E-state index in [0.717, 1.165) is 25.1 Å². The van der Waals surface area contributed by atoms with E-state index < -0.39 is 10.0 Å². The molecule has 0 atom stereocenters. The van der Waals surface area contributed by atoms with Gasteiger partial charge in [0.1, 0.15) is 0 Å². The van der Waals surface area contributed by atoms with Crippen LogP contribution in [0.3, 0.4) is 0 Å². The summed E-state index contributed by atoms with van der Waals surface area (Å²) in [6.45, 7) is 5.64. The van der Waals surface area contributed by atoms with Crippen LogP contribution in [-0.2, 0) is 10.0 Å². The van der Waals surface area contributed by atoms with E-state index in [9.17, 15) is 8.42 Å². The molecule has 2 N–H and O–H groups in total. The summed E-state index contributed by atoms with van der Waals surface area (Å²) in [5.41, 5.74) is 1.44. The molecule has 0 aliphatic carbocycles. The molecule has 0 saturated heterocycles. The maximum atomic E-state index is 11.8. The highest BCUT2D eigenvalue weighted by molar-refractivity contribution is 7.92. The number of nitrogens with one attached hydrogen (secondary N) is 2. The average Bonchev–Trinajstić information content (AvgIpc) is 2.31. The Morgan fingerprint density at radius 1 is 1.33 bits per heavy atom. The fourth-order valence-corrected chi connectivity index (χ4v) is 2.78. The Labute approximate surface area is 109 Å². The van der Waals surface area contributed by atoms with Crippen molar-refractivity contribution in [2.75, 3.05) is 23.6 Å². The van der Waals surface area contributed by atoms with Gasteiger partial charge in [-0.25, -0.2) is 8.42 Å². The van der Waals surface area contributed by atoms with Crippen molar-refractivity contribution in [1.29, 1.82) is 0 Å². The summed E-state index contributed by atoms with van der Waals surface area (Å²) in [7, 11) is -3.25. The Morgan fingerprint density at radius 2 is 2.11 bits per heavy atom. The van der Waals surface area contributed by atoms with E-state index >= 15 is 0 Å². The number of nitrogens with zero attached hydrogens (tertiary/aromatic N) is 1. The fraction of sp³-hybridized carbons (Fsp3) is 0.583. The van der Waals surface area contributed by atoms with Gasteiger partial charge in [-0.15, -0.1) is 0 Å². The predicted molar refractivity (Wildman–Crippen MR) is 74.2 cm³/mol. The Hall–Kier alpha value is -1.14. The highest BCUT2D eigenvalue weighted by atomic mass is 32.2. The van der Waals surface area contributed by atoms with Crippen LogP contribution in [0.4, 0.5) is 5.69 Å². The van der Waals surface area contributed by atoms with Gasteiger partial charge in [0.25, 0.3) is 0 Å². The zero-order valence-electron chi connectivity index (χ0n) is 10.9. The summed E-state index contributed by atoms with van der Waals surface area (Å²) < 4.78 is 26.3. The molecular formula is C12H21N3O2S. The van der Waals surface area contributed by atoms with Gasteiger partial charge >= 0.3 is 0 Å². The second-order valence-corrected chi connectivity index (χ2v) is 6.01. The maximum absolute atomic E-state index is 11.8. The zero-order valence-corrected chi connectivity index (χ0v) is 11.8. The van der Waals surface area contributed by atoms with Crippen molar-refractivity contribution in [3.05, 3.63) is 24.0 Å². The minimum absolute atomic E-state index is 0.153. The highest BCUT2D eigenvalue weighted by Gasteiger charge is 2.11. The van der Waals surface area contributed by atoms with Crippen molar-refractivity contribution in [2.45, 2.75) is 26.7 Å². The first-order valence-corrected chi connectivity index (χ1v) is 7.82. The minimum atomic E-state index is -3.25. The molecule has 0 unspecified atom stereocenters. The quantitative estimate of drug-likeness (QED) is 0.703. The molecule has 5 nitrogen and oxygen atoms in total. The molecule has 6 heteroatoms. The molecule has 0 aliphatic rings. The second kappa shape index (κ2) is 7.33. The van der Waals surface area contributed by atoms with E-state index in [-0.39, 0.29) is 5.75 Å². The molecular weight excluding hydrogens is 250 g/mol. The summed E-state index contributed by atoms with van der Waals surface area (Å²) >= 11 is 0. The largest absolute Gasteiger partial charge is 0.317 e. The molecule has 1 heterocycles. The lowest BCUT2D eigenvalue weighted by Crippen LogP contribution is -2.19. The first-order chi connectivity index (χ1) is 8.55. The lowest BCUT2D eigenvalue weighted by atomic mass is 10.3. The number of hydrogen-bond acceptors (Lipinski definition) is 4.